The second-order valence-electron chi connectivity index (χ2n) is 5.16. The third kappa shape index (κ3) is 4.30. The first-order valence-electron chi connectivity index (χ1n) is 6.85. The van der Waals surface area contributed by atoms with E-state index < -0.39 is 6.10 Å². The van der Waals surface area contributed by atoms with Gasteiger partial charge in [-0.1, -0.05) is 24.3 Å². The minimum atomic E-state index is -0.482. The molecular weight excluding hydrogens is 256 g/mol. The highest BCUT2D eigenvalue weighted by molar-refractivity contribution is 5.81. The molecule has 0 spiro atoms. The van der Waals surface area contributed by atoms with Gasteiger partial charge in [-0.25, -0.2) is 0 Å². The number of hydrogen-bond donors (Lipinski definition) is 1. The Morgan fingerprint density at radius 3 is 2.70 bits per heavy atom. The fourth-order valence-corrected chi connectivity index (χ4v) is 2.16. The van der Waals surface area contributed by atoms with E-state index >= 15 is 0 Å². The van der Waals surface area contributed by atoms with Crippen LogP contribution in [0.3, 0.4) is 0 Å². The topological polar surface area (TPSA) is 50.8 Å². The lowest BCUT2D eigenvalue weighted by atomic mass is 10.1. The van der Waals surface area contributed by atoms with Crippen molar-refractivity contribution in [1.82, 2.24) is 10.2 Å². The van der Waals surface area contributed by atoms with Crippen molar-refractivity contribution in [2.75, 3.05) is 33.9 Å². The second kappa shape index (κ2) is 7.38. The van der Waals surface area contributed by atoms with E-state index in [1.165, 1.54) is 5.56 Å². The van der Waals surface area contributed by atoms with Gasteiger partial charge in [-0.05, 0) is 25.2 Å². The van der Waals surface area contributed by atoms with Crippen LogP contribution in [0.5, 0.6) is 0 Å². The van der Waals surface area contributed by atoms with Gasteiger partial charge in [0.05, 0.1) is 19.8 Å². The quantitative estimate of drug-likeness (QED) is 0.865. The Kier molecular flexibility index (Phi) is 5.52. The van der Waals surface area contributed by atoms with Crippen LogP contribution in [0, 0.1) is 0 Å². The minimum absolute atomic E-state index is 0.107. The fourth-order valence-electron chi connectivity index (χ4n) is 2.16. The molecule has 1 atom stereocenters. The summed E-state index contributed by atoms with van der Waals surface area (Å²) in [6.45, 7) is 2.76. The van der Waals surface area contributed by atoms with Crippen molar-refractivity contribution in [1.29, 1.82) is 0 Å². The standard InChI is InChI=1S/C15H22N2O3/c1-17(2)10-13-6-4-3-5-12(13)9-16-15(18)14-11-19-7-8-20-14/h3-6,14H,7-11H2,1-2H3,(H,16,18). The van der Waals surface area contributed by atoms with Gasteiger partial charge in [0.1, 0.15) is 0 Å². The van der Waals surface area contributed by atoms with Gasteiger partial charge >= 0.3 is 0 Å². The van der Waals surface area contributed by atoms with Gasteiger partial charge in [-0.2, -0.15) is 0 Å². The highest BCUT2D eigenvalue weighted by atomic mass is 16.6. The van der Waals surface area contributed by atoms with Crippen LogP contribution in [0.15, 0.2) is 24.3 Å². The average molecular weight is 278 g/mol. The van der Waals surface area contributed by atoms with E-state index in [9.17, 15) is 4.79 Å². The first-order chi connectivity index (χ1) is 9.66. The van der Waals surface area contributed by atoms with Crippen molar-refractivity contribution < 1.29 is 14.3 Å². The monoisotopic (exact) mass is 278 g/mol. The molecule has 5 heteroatoms. The van der Waals surface area contributed by atoms with Crippen LogP contribution in [0.4, 0.5) is 0 Å². The van der Waals surface area contributed by atoms with Crippen LogP contribution in [-0.2, 0) is 27.4 Å². The van der Waals surface area contributed by atoms with Crippen molar-refractivity contribution >= 4 is 5.91 Å². The highest BCUT2D eigenvalue weighted by Gasteiger charge is 2.22. The third-order valence-electron chi connectivity index (χ3n) is 3.17. The summed E-state index contributed by atoms with van der Waals surface area (Å²) in [5, 5.41) is 2.92. The largest absolute Gasteiger partial charge is 0.376 e. The van der Waals surface area contributed by atoms with Gasteiger partial charge in [-0.3, -0.25) is 4.79 Å². The van der Waals surface area contributed by atoms with E-state index in [2.05, 4.69) is 16.3 Å². The summed E-state index contributed by atoms with van der Waals surface area (Å²) in [5.41, 5.74) is 2.35. The van der Waals surface area contributed by atoms with Crippen molar-refractivity contribution in [2.45, 2.75) is 19.2 Å². The van der Waals surface area contributed by atoms with E-state index in [4.69, 9.17) is 9.47 Å². The molecule has 0 radical (unpaired) electrons. The second-order valence-corrected chi connectivity index (χ2v) is 5.16. The minimum Gasteiger partial charge on any atom is -0.376 e. The maximum Gasteiger partial charge on any atom is 0.251 e. The molecule has 1 aromatic carbocycles. The molecule has 1 unspecified atom stereocenters. The number of nitrogens with one attached hydrogen (secondary N) is 1. The molecule has 0 bridgehead atoms. The zero-order valence-electron chi connectivity index (χ0n) is 12.1. The molecule has 0 saturated carbocycles. The first-order valence-corrected chi connectivity index (χ1v) is 6.85. The van der Waals surface area contributed by atoms with E-state index in [0.717, 1.165) is 12.1 Å². The number of hydrogen-bond acceptors (Lipinski definition) is 4. The SMILES string of the molecule is CN(C)Cc1ccccc1CNC(=O)C1COCCO1. The summed E-state index contributed by atoms with van der Waals surface area (Å²) >= 11 is 0. The maximum absolute atomic E-state index is 12.0. The Labute approximate surface area is 119 Å². The molecule has 1 aliphatic heterocycles. The molecule has 1 aromatic rings. The molecule has 1 amide bonds. The van der Waals surface area contributed by atoms with E-state index in [-0.39, 0.29) is 5.91 Å². The lowest BCUT2D eigenvalue weighted by Gasteiger charge is -2.22. The van der Waals surface area contributed by atoms with E-state index in [1.807, 2.05) is 32.3 Å². The van der Waals surface area contributed by atoms with Gasteiger partial charge in [0.2, 0.25) is 0 Å². The van der Waals surface area contributed by atoms with Crippen molar-refractivity contribution in [3.8, 4) is 0 Å². The van der Waals surface area contributed by atoms with Crippen molar-refractivity contribution in [2.24, 2.45) is 0 Å². The Morgan fingerprint density at radius 1 is 1.30 bits per heavy atom. The normalized spacial score (nSPS) is 19.1. The molecular formula is C15H22N2O3. The number of ether oxygens (including phenoxy) is 2. The molecule has 1 heterocycles. The Morgan fingerprint density at radius 2 is 2.05 bits per heavy atom. The van der Waals surface area contributed by atoms with Crippen molar-refractivity contribution in [3.05, 3.63) is 35.4 Å². The lowest BCUT2D eigenvalue weighted by molar-refractivity contribution is -0.147. The number of carbonyl (C=O) groups excluding carboxylic acids is 1. The summed E-state index contributed by atoms with van der Waals surface area (Å²) in [7, 11) is 4.06. The molecule has 2 rings (SSSR count). The molecule has 20 heavy (non-hydrogen) atoms. The Balaban J connectivity index is 1.91. The number of nitrogens with zero attached hydrogens (tertiary/aromatic N) is 1. The van der Waals surface area contributed by atoms with Crippen LogP contribution in [-0.4, -0.2) is 50.8 Å². The lowest BCUT2D eigenvalue weighted by Crippen LogP contribution is -2.42. The van der Waals surface area contributed by atoms with Crippen LogP contribution in [0.1, 0.15) is 11.1 Å². The molecule has 110 valence electrons. The summed E-state index contributed by atoms with van der Waals surface area (Å²) in [6, 6.07) is 8.13. The van der Waals surface area contributed by atoms with Crippen LogP contribution >= 0.6 is 0 Å². The van der Waals surface area contributed by atoms with Gasteiger partial charge in [-0.15, -0.1) is 0 Å². The molecule has 5 nitrogen and oxygen atoms in total. The number of amides is 1. The van der Waals surface area contributed by atoms with E-state index in [1.54, 1.807) is 0 Å². The van der Waals surface area contributed by atoms with Crippen LogP contribution in [0.25, 0.3) is 0 Å². The van der Waals surface area contributed by atoms with Gasteiger partial charge in [0.25, 0.3) is 5.91 Å². The van der Waals surface area contributed by atoms with Gasteiger partial charge < -0.3 is 19.7 Å². The molecule has 1 fully saturated rings. The molecule has 0 aromatic heterocycles. The highest BCUT2D eigenvalue weighted by Crippen LogP contribution is 2.10. The van der Waals surface area contributed by atoms with Gasteiger partial charge in [0, 0.05) is 13.1 Å². The molecule has 1 N–H and O–H groups in total. The summed E-state index contributed by atoms with van der Waals surface area (Å²) < 4.78 is 10.6. The third-order valence-corrected chi connectivity index (χ3v) is 3.17. The van der Waals surface area contributed by atoms with E-state index in [0.29, 0.717) is 26.4 Å². The Bertz CT molecular complexity index is 442. The molecule has 1 aliphatic rings. The summed E-state index contributed by atoms with van der Waals surface area (Å²) in [4.78, 5) is 14.1. The van der Waals surface area contributed by atoms with Gasteiger partial charge in [0.15, 0.2) is 6.10 Å². The number of rotatable bonds is 5. The summed E-state index contributed by atoms with van der Waals surface area (Å²) in [5.74, 6) is -0.107. The number of benzene rings is 1. The number of carbonyl (C=O) groups is 1. The summed E-state index contributed by atoms with van der Waals surface area (Å²) in [6.07, 6.45) is -0.482. The Hall–Kier alpha value is -1.43. The van der Waals surface area contributed by atoms with Crippen molar-refractivity contribution in [3.63, 3.8) is 0 Å². The zero-order chi connectivity index (χ0) is 14.4. The van der Waals surface area contributed by atoms with Crippen LogP contribution < -0.4 is 5.32 Å². The fraction of sp³-hybridized carbons (Fsp3) is 0.533. The van der Waals surface area contributed by atoms with Crippen LogP contribution in [0.2, 0.25) is 0 Å². The predicted octanol–water partition coefficient (Wildman–Crippen LogP) is 0.780. The molecule has 1 saturated heterocycles. The first kappa shape index (κ1) is 15.0. The average Bonchev–Trinajstić information content (AvgIpc) is 2.46. The maximum atomic E-state index is 12.0. The zero-order valence-corrected chi connectivity index (χ0v) is 12.1. The molecule has 0 aliphatic carbocycles. The smallest absolute Gasteiger partial charge is 0.251 e. The predicted molar refractivity (Wildman–Crippen MR) is 76.2 cm³/mol.